The summed E-state index contributed by atoms with van der Waals surface area (Å²) in [5.41, 5.74) is 0.969. The Bertz CT molecular complexity index is 767. The van der Waals surface area contributed by atoms with E-state index in [1.165, 1.54) is 7.11 Å². The third-order valence-corrected chi connectivity index (χ3v) is 5.51. The van der Waals surface area contributed by atoms with Gasteiger partial charge in [-0.1, -0.05) is 12.2 Å². The number of aromatic nitrogens is 1. The second kappa shape index (κ2) is 10.9. The lowest BCUT2D eigenvalue weighted by molar-refractivity contribution is -0.143. The highest BCUT2D eigenvalue weighted by atomic mass is 16.5. The van der Waals surface area contributed by atoms with Gasteiger partial charge in [0.1, 0.15) is 0 Å². The van der Waals surface area contributed by atoms with Crippen molar-refractivity contribution in [1.82, 2.24) is 14.8 Å². The Morgan fingerprint density at radius 3 is 2.70 bits per heavy atom. The van der Waals surface area contributed by atoms with Crippen LogP contribution in [0.25, 0.3) is 0 Å². The molecule has 1 saturated heterocycles. The molecule has 0 spiro atoms. The number of ether oxygens (including phenoxy) is 2. The van der Waals surface area contributed by atoms with Crippen LogP contribution < -0.4 is 0 Å². The van der Waals surface area contributed by atoms with E-state index >= 15 is 0 Å². The lowest BCUT2D eigenvalue weighted by atomic mass is 9.93. The van der Waals surface area contributed by atoms with E-state index in [1.54, 1.807) is 22.2 Å². The van der Waals surface area contributed by atoms with Crippen molar-refractivity contribution in [3.63, 3.8) is 0 Å². The molecule has 0 aromatic carbocycles. The number of pyridine rings is 1. The molecule has 2 unspecified atom stereocenters. The van der Waals surface area contributed by atoms with Crippen molar-refractivity contribution in [2.75, 3.05) is 33.3 Å². The summed E-state index contributed by atoms with van der Waals surface area (Å²) in [5, 5.41) is 0. The maximum absolute atomic E-state index is 13.1. The van der Waals surface area contributed by atoms with Crippen LogP contribution in [0, 0.1) is 5.92 Å². The average Bonchev–Trinajstić information content (AvgIpc) is 2.95. The third-order valence-electron chi connectivity index (χ3n) is 5.51. The van der Waals surface area contributed by atoms with Crippen LogP contribution in [-0.2, 0) is 30.5 Å². The first-order valence-corrected chi connectivity index (χ1v) is 10.4. The van der Waals surface area contributed by atoms with E-state index in [4.69, 9.17) is 9.47 Å². The van der Waals surface area contributed by atoms with E-state index < -0.39 is 0 Å². The van der Waals surface area contributed by atoms with Gasteiger partial charge in [-0.15, -0.1) is 0 Å². The van der Waals surface area contributed by atoms with Gasteiger partial charge in [0, 0.05) is 37.9 Å². The molecule has 0 bridgehead atoms. The summed E-state index contributed by atoms with van der Waals surface area (Å²) in [6.45, 7) is 1.30. The number of rotatable bonds is 7. The predicted octanol–water partition coefficient (Wildman–Crippen LogP) is 1.56. The molecule has 0 radical (unpaired) electrons. The van der Waals surface area contributed by atoms with Gasteiger partial charge in [-0.3, -0.25) is 19.4 Å². The molecule has 2 atom stereocenters. The summed E-state index contributed by atoms with van der Waals surface area (Å²) in [6, 6.07) is 3.74. The molecule has 2 heterocycles. The molecular weight excluding hydrogens is 386 g/mol. The Kier molecular flexibility index (Phi) is 7.96. The summed E-state index contributed by atoms with van der Waals surface area (Å²) in [5.74, 6) is -0.637. The predicted molar refractivity (Wildman–Crippen MR) is 109 cm³/mol. The van der Waals surface area contributed by atoms with Crippen molar-refractivity contribution in [3.05, 3.63) is 42.2 Å². The molecule has 8 heteroatoms. The molecule has 8 nitrogen and oxygen atoms in total. The normalized spacial score (nSPS) is 22.0. The highest BCUT2D eigenvalue weighted by Gasteiger charge is 2.33. The third kappa shape index (κ3) is 6.13. The molecule has 0 saturated carbocycles. The van der Waals surface area contributed by atoms with Crippen molar-refractivity contribution < 1.29 is 23.9 Å². The van der Waals surface area contributed by atoms with Gasteiger partial charge in [-0.2, -0.15) is 0 Å². The molecule has 2 amide bonds. The minimum Gasteiger partial charge on any atom is -0.469 e. The molecule has 3 rings (SSSR count). The van der Waals surface area contributed by atoms with Gasteiger partial charge in [-0.05, 0) is 37.0 Å². The first-order chi connectivity index (χ1) is 14.6. The van der Waals surface area contributed by atoms with Crippen LogP contribution in [0.1, 0.15) is 31.2 Å². The van der Waals surface area contributed by atoms with Gasteiger partial charge in [0.15, 0.2) is 0 Å². The highest BCUT2D eigenvalue weighted by molar-refractivity contribution is 5.87. The van der Waals surface area contributed by atoms with Gasteiger partial charge < -0.3 is 19.3 Å². The number of carbonyl (C=O) groups excluding carboxylic acids is 3. The van der Waals surface area contributed by atoms with Crippen molar-refractivity contribution in [1.29, 1.82) is 0 Å². The number of esters is 1. The molecule has 1 aliphatic heterocycles. The van der Waals surface area contributed by atoms with Crippen LogP contribution in [0.15, 0.2) is 36.7 Å². The van der Waals surface area contributed by atoms with Crippen molar-refractivity contribution >= 4 is 17.8 Å². The highest BCUT2D eigenvalue weighted by Crippen LogP contribution is 2.22. The van der Waals surface area contributed by atoms with Crippen LogP contribution >= 0.6 is 0 Å². The van der Waals surface area contributed by atoms with Gasteiger partial charge in [0.25, 0.3) is 0 Å². The Morgan fingerprint density at radius 1 is 1.20 bits per heavy atom. The number of methoxy groups -OCH3 is 1. The summed E-state index contributed by atoms with van der Waals surface area (Å²) >= 11 is 0. The first-order valence-electron chi connectivity index (χ1n) is 10.4. The molecule has 0 N–H and O–H groups in total. The number of allylic oxidation sites excluding steroid dienone is 2. The smallest absolute Gasteiger partial charge is 0.307 e. The van der Waals surface area contributed by atoms with Gasteiger partial charge >= 0.3 is 5.97 Å². The minimum atomic E-state index is -0.372. The van der Waals surface area contributed by atoms with E-state index in [0.29, 0.717) is 26.1 Å². The zero-order chi connectivity index (χ0) is 21.3. The Morgan fingerprint density at radius 2 is 2.00 bits per heavy atom. The van der Waals surface area contributed by atoms with Crippen molar-refractivity contribution in [2.45, 2.75) is 38.4 Å². The molecule has 162 valence electrons. The number of carbonyl (C=O) groups is 3. The molecule has 1 fully saturated rings. The standard InChI is InChI=1S/C22H29N3O5/c1-29-21(27)9-12-24-13-19(30-16-17-7-10-23-11-8-17)14-25(15-20(24)26)22(28)18-5-3-2-4-6-18/h2-3,7-8,10-11,18-19H,4-6,9,12-16H2,1H3. The van der Waals surface area contributed by atoms with Gasteiger partial charge in [-0.25, -0.2) is 0 Å². The fraction of sp³-hybridized carbons (Fsp3) is 0.545. The maximum Gasteiger partial charge on any atom is 0.307 e. The van der Waals surface area contributed by atoms with Crippen LogP contribution in [0.4, 0.5) is 0 Å². The number of amides is 2. The second-order valence-corrected chi connectivity index (χ2v) is 7.65. The van der Waals surface area contributed by atoms with Crippen LogP contribution in [0.2, 0.25) is 0 Å². The Labute approximate surface area is 176 Å². The van der Waals surface area contributed by atoms with Gasteiger partial charge in [0.05, 0.1) is 32.8 Å². The lowest BCUT2D eigenvalue weighted by Crippen LogP contribution is -2.43. The minimum absolute atomic E-state index is 0.0000269. The fourth-order valence-electron chi connectivity index (χ4n) is 3.77. The number of nitrogens with zero attached hydrogens (tertiary/aromatic N) is 3. The maximum atomic E-state index is 13.1. The average molecular weight is 415 g/mol. The fourth-order valence-corrected chi connectivity index (χ4v) is 3.77. The monoisotopic (exact) mass is 415 g/mol. The Hall–Kier alpha value is -2.74. The molecule has 2 aliphatic rings. The molecule has 1 aromatic rings. The van der Waals surface area contributed by atoms with Crippen LogP contribution in [0.3, 0.4) is 0 Å². The second-order valence-electron chi connectivity index (χ2n) is 7.65. The van der Waals surface area contributed by atoms with Crippen molar-refractivity contribution in [3.8, 4) is 0 Å². The summed E-state index contributed by atoms with van der Waals surface area (Å²) < 4.78 is 10.8. The SMILES string of the molecule is COC(=O)CCN1CC(OCc2ccncc2)CN(C(=O)C2CC=CCC2)CC1=O. The summed E-state index contributed by atoms with van der Waals surface area (Å²) in [7, 11) is 1.33. The first kappa shape index (κ1) is 22.0. The van der Waals surface area contributed by atoms with E-state index in [2.05, 4.69) is 11.1 Å². The molecule has 1 aromatic heterocycles. The topological polar surface area (TPSA) is 89.0 Å². The summed E-state index contributed by atoms with van der Waals surface area (Å²) in [6.07, 6.45) is 9.68. The molecule has 1 aliphatic carbocycles. The zero-order valence-corrected chi connectivity index (χ0v) is 17.4. The summed E-state index contributed by atoms with van der Waals surface area (Å²) in [4.78, 5) is 44.7. The van der Waals surface area contributed by atoms with Crippen LogP contribution in [-0.4, -0.2) is 72.0 Å². The van der Waals surface area contributed by atoms with Crippen LogP contribution in [0.5, 0.6) is 0 Å². The Balaban J connectivity index is 1.69. The number of hydrogen-bond acceptors (Lipinski definition) is 6. The quantitative estimate of drug-likeness (QED) is 0.496. The van der Waals surface area contributed by atoms with Crippen molar-refractivity contribution in [2.24, 2.45) is 5.92 Å². The van der Waals surface area contributed by atoms with E-state index in [0.717, 1.165) is 18.4 Å². The lowest BCUT2D eigenvalue weighted by Gasteiger charge is -2.28. The molecular formula is C22H29N3O5. The zero-order valence-electron chi connectivity index (χ0n) is 17.4. The van der Waals surface area contributed by atoms with E-state index in [1.807, 2.05) is 18.2 Å². The van der Waals surface area contributed by atoms with E-state index in [9.17, 15) is 14.4 Å². The largest absolute Gasteiger partial charge is 0.469 e. The van der Waals surface area contributed by atoms with Gasteiger partial charge in [0.2, 0.25) is 11.8 Å². The van der Waals surface area contributed by atoms with E-state index in [-0.39, 0.29) is 49.3 Å². The molecule has 30 heavy (non-hydrogen) atoms. The number of hydrogen-bond donors (Lipinski definition) is 0.